The van der Waals surface area contributed by atoms with Crippen LogP contribution in [0, 0.1) is 6.92 Å². The number of hydrogen-bond donors (Lipinski definition) is 0. The molecule has 0 aromatic carbocycles. The lowest BCUT2D eigenvalue weighted by Gasteiger charge is -1.95. The van der Waals surface area contributed by atoms with E-state index in [1.54, 1.807) is 0 Å². The van der Waals surface area contributed by atoms with Gasteiger partial charge in [0, 0.05) is 28.1 Å². The third kappa shape index (κ3) is 2.16. The SMILES string of the molecule is Cc1ccc(Cc2ccccn2)s1. The highest BCUT2D eigenvalue weighted by Crippen LogP contribution is 2.17. The molecule has 0 amide bonds. The maximum Gasteiger partial charge on any atom is 0.0455 e. The van der Waals surface area contributed by atoms with E-state index < -0.39 is 0 Å². The van der Waals surface area contributed by atoms with E-state index in [1.165, 1.54) is 9.75 Å². The lowest BCUT2D eigenvalue weighted by molar-refractivity contribution is 1.10. The second kappa shape index (κ2) is 3.71. The summed E-state index contributed by atoms with van der Waals surface area (Å²) in [4.78, 5) is 7.04. The Morgan fingerprint density at radius 1 is 1.23 bits per heavy atom. The Morgan fingerprint density at radius 2 is 2.15 bits per heavy atom. The average Bonchev–Trinajstić information content (AvgIpc) is 2.53. The molecule has 66 valence electrons. The van der Waals surface area contributed by atoms with Gasteiger partial charge in [0.25, 0.3) is 0 Å². The second-order valence-corrected chi connectivity index (χ2v) is 4.38. The Kier molecular flexibility index (Phi) is 2.41. The molecule has 2 aromatic rings. The normalized spacial score (nSPS) is 10.2. The van der Waals surface area contributed by atoms with Gasteiger partial charge in [0.1, 0.15) is 0 Å². The molecular weight excluding hydrogens is 178 g/mol. The first-order valence-corrected chi connectivity index (χ1v) is 5.11. The largest absolute Gasteiger partial charge is 0.261 e. The number of aromatic nitrogens is 1. The van der Waals surface area contributed by atoms with E-state index in [1.807, 2.05) is 29.7 Å². The monoisotopic (exact) mass is 189 g/mol. The highest BCUT2D eigenvalue weighted by molar-refractivity contribution is 7.11. The number of nitrogens with zero attached hydrogens (tertiary/aromatic N) is 1. The van der Waals surface area contributed by atoms with Gasteiger partial charge in [-0.1, -0.05) is 6.07 Å². The highest BCUT2D eigenvalue weighted by atomic mass is 32.1. The van der Waals surface area contributed by atoms with E-state index in [2.05, 4.69) is 30.1 Å². The minimum absolute atomic E-state index is 0.958. The van der Waals surface area contributed by atoms with Crippen LogP contribution >= 0.6 is 11.3 Å². The molecule has 0 aliphatic carbocycles. The Bertz CT molecular complexity index is 378. The van der Waals surface area contributed by atoms with Gasteiger partial charge in [-0.25, -0.2) is 0 Å². The lowest BCUT2D eigenvalue weighted by Crippen LogP contribution is -1.87. The molecule has 0 unspecified atom stereocenters. The minimum atomic E-state index is 0.958. The molecule has 2 heteroatoms. The van der Waals surface area contributed by atoms with Crippen molar-refractivity contribution in [2.45, 2.75) is 13.3 Å². The van der Waals surface area contributed by atoms with Crippen molar-refractivity contribution in [3.63, 3.8) is 0 Å². The Balaban J connectivity index is 2.15. The molecule has 0 aliphatic rings. The number of thiophene rings is 1. The third-order valence-electron chi connectivity index (χ3n) is 1.88. The standard InChI is InChI=1S/C11H11NS/c1-9-5-6-11(13-9)8-10-4-2-3-7-12-10/h2-7H,8H2,1H3. The van der Waals surface area contributed by atoms with Crippen molar-refractivity contribution in [1.82, 2.24) is 4.98 Å². The Hall–Kier alpha value is -1.15. The summed E-state index contributed by atoms with van der Waals surface area (Å²) >= 11 is 1.84. The number of hydrogen-bond acceptors (Lipinski definition) is 2. The summed E-state index contributed by atoms with van der Waals surface area (Å²) in [5.74, 6) is 0. The molecule has 2 aromatic heterocycles. The van der Waals surface area contributed by atoms with Crippen LogP contribution in [-0.2, 0) is 6.42 Å². The summed E-state index contributed by atoms with van der Waals surface area (Å²) in [5, 5.41) is 0. The summed E-state index contributed by atoms with van der Waals surface area (Å²) in [5.41, 5.74) is 1.14. The van der Waals surface area contributed by atoms with Crippen LogP contribution in [-0.4, -0.2) is 4.98 Å². The molecule has 1 nitrogen and oxygen atoms in total. The molecular formula is C11H11NS. The van der Waals surface area contributed by atoms with Gasteiger partial charge in [-0.15, -0.1) is 11.3 Å². The predicted molar refractivity (Wildman–Crippen MR) is 56.1 cm³/mol. The molecule has 13 heavy (non-hydrogen) atoms. The zero-order valence-electron chi connectivity index (χ0n) is 7.53. The van der Waals surface area contributed by atoms with Crippen LogP contribution in [0.25, 0.3) is 0 Å². The molecule has 0 radical (unpaired) electrons. The summed E-state index contributed by atoms with van der Waals surface area (Å²) in [6, 6.07) is 10.4. The van der Waals surface area contributed by atoms with E-state index >= 15 is 0 Å². The van der Waals surface area contributed by atoms with Gasteiger partial charge >= 0.3 is 0 Å². The van der Waals surface area contributed by atoms with Crippen molar-refractivity contribution >= 4 is 11.3 Å². The summed E-state index contributed by atoms with van der Waals surface area (Å²) in [6.07, 6.45) is 2.80. The average molecular weight is 189 g/mol. The van der Waals surface area contributed by atoms with Gasteiger partial charge in [0.05, 0.1) is 0 Å². The van der Waals surface area contributed by atoms with E-state index in [0.29, 0.717) is 0 Å². The van der Waals surface area contributed by atoms with Crippen molar-refractivity contribution in [3.05, 3.63) is 52.0 Å². The third-order valence-corrected chi connectivity index (χ3v) is 2.88. The quantitative estimate of drug-likeness (QED) is 0.707. The van der Waals surface area contributed by atoms with Crippen LogP contribution in [0.5, 0.6) is 0 Å². The number of rotatable bonds is 2. The van der Waals surface area contributed by atoms with Crippen molar-refractivity contribution in [1.29, 1.82) is 0 Å². The first kappa shape index (κ1) is 8.45. The predicted octanol–water partition coefficient (Wildman–Crippen LogP) is 3.04. The smallest absolute Gasteiger partial charge is 0.0455 e. The van der Waals surface area contributed by atoms with Crippen molar-refractivity contribution < 1.29 is 0 Å². The minimum Gasteiger partial charge on any atom is -0.261 e. The van der Waals surface area contributed by atoms with Crippen LogP contribution in [0.15, 0.2) is 36.5 Å². The van der Waals surface area contributed by atoms with Crippen LogP contribution in [0.3, 0.4) is 0 Å². The topological polar surface area (TPSA) is 12.9 Å². The summed E-state index contributed by atoms with van der Waals surface area (Å²) in [7, 11) is 0. The van der Waals surface area contributed by atoms with Crippen molar-refractivity contribution in [2.24, 2.45) is 0 Å². The zero-order valence-corrected chi connectivity index (χ0v) is 8.34. The van der Waals surface area contributed by atoms with E-state index in [9.17, 15) is 0 Å². The molecule has 0 atom stereocenters. The molecule has 2 heterocycles. The fourth-order valence-corrected chi connectivity index (χ4v) is 2.17. The van der Waals surface area contributed by atoms with E-state index in [-0.39, 0.29) is 0 Å². The van der Waals surface area contributed by atoms with Gasteiger partial charge in [-0.05, 0) is 31.2 Å². The molecule has 0 spiro atoms. The molecule has 0 aliphatic heterocycles. The van der Waals surface area contributed by atoms with Crippen molar-refractivity contribution in [3.8, 4) is 0 Å². The lowest BCUT2D eigenvalue weighted by atomic mass is 10.2. The molecule has 0 bridgehead atoms. The second-order valence-electron chi connectivity index (χ2n) is 3.01. The fraction of sp³-hybridized carbons (Fsp3) is 0.182. The molecule has 2 rings (SSSR count). The molecule has 0 fully saturated rings. The van der Waals surface area contributed by atoms with E-state index in [4.69, 9.17) is 0 Å². The van der Waals surface area contributed by atoms with Crippen LogP contribution in [0.4, 0.5) is 0 Å². The Morgan fingerprint density at radius 3 is 2.77 bits per heavy atom. The summed E-state index contributed by atoms with van der Waals surface area (Å²) in [6.45, 7) is 2.13. The van der Waals surface area contributed by atoms with Crippen LogP contribution in [0.2, 0.25) is 0 Å². The van der Waals surface area contributed by atoms with Gasteiger partial charge in [0.15, 0.2) is 0 Å². The van der Waals surface area contributed by atoms with Crippen LogP contribution in [0.1, 0.15) is 15.4 Å². The van der Waals surface area contributed by atoms with Gasteiger partial charge in [-0.2, -0.15) is 0 Å². The fourth-order valence-electron chi connectivity index (χ4n) is 1.26. The number of pyridine rings is 1. The first-order valence-electron chi connectivity index (χ1n) is 4.30. The summed E-state index contributed by atoms with van der Waals surface area (Å²) < 4.78 is 0. The molecule has 0 saturated heterocycles. The maximum atomic E-state index is 4.29. The highest BCUT2D eigenvalue weighted by Gasteiger charge is 1.98. The number of aryl methyl sites for hydroxylation is 1. The Labute approximate surface area is 82.1 Å². The van der Waals surface area contributed by atoms with Crippen molar-refractivity contribution in [2.75, 3.05) is 0 Å². The van der Waals surface area contributed by atoms with Gasteiger partial charge in [0.2, 0.25) is 0 Å². The van der Waals surface area contributed by atoms with E-state index in [0.717, 1.165) is 12.1 Å². The van der Waals surface area contributed by atoms with Gasteiger partial charge < -0.3 is 0 Å². The van der Waals surface area contributed by atoms with Gasteiger partial charge in [-0.3, -0.25) is 4.98 Å². The molecule has 0 saturated carbocycles. The maximum absolute atomic E-state index is 4.29. The van der Waals surface area contributed by atoms with Crippen LogP contribution < -0.4 is 0 Å². The first-order chi connectivity index (χ1) is 6.34. The molecule has 0 N–H and O–H groups in total. The zero-order chi connectivity index (χ0) is 9.10.